The van der Waals surface area contributed by atoms with Crippen molar-refractivity contribution in [3.05, 3.63) is 0 Å². The van der Waals surface area contributed by atoms with Crippen molar-refractivity contribution in [1.29, 1.82) is 5.26 Å². The Kier molecular flexibility index (Phi) is 4.91. The van der Waals surface area contributed by atoms with E-state index in [9.17, 15) is 0 Å². The maximum atomic E-state index is 8.12. The van der Waals surface area contributed by atoms with Gasteiger partial charge in [-0.2, -0.15) is 5.26 Å². The molecule has 0 saturated heterocycles. The molecular formula is C7H14N4. The quantitative estimate of drug-likeness (QED) is 0.268. The molecule has 0 aromatic rings. The lowest BCUT2D eigenvalue weighted by atomic mass is 10.1. The summed E-state index contributed by atoms with van der Waals surface area (Å²) in [6.45, 7) is 4.91. The first-order valence-corrected chi connectivity index (χ1v) is 3.62. The molecule has 0 aliphatic heterocycles. The van der Waals surface area contributed by atoms with Gasteiger partial charge in [0.05, 0.1) is 0 Å². The van der Waals surface area contributed by atoms with Crippen LogP contribution < -0.4 is 11.1 Å². The highest BCUT2D eigenvalue weighted by Gasteiger charge is 1.92. The van der Waals surface area contributed by atoms with Crippen LogP contribution in [0.15, 0.2) is 4.99 Å². The average Bonchev–Trinajstić information content (AvgIpc) is 1.87. The van der Waals surface area contributed by atoms with Gasteiger partial charge in [0.15, 0.2) is 6.19 Å². The molecule has 0 unspecified atom stereocenters. The molecule has 0 bridgehead atoms. The predicted octanol–water partition coefficient (Wildman–Crippen LogP) is 0.418. The number of hydrogen-bond acceptors (Lipinski definition) is 2. The summed E-state index contributed by atoms with van der Waals surface area (Å²) in [5.74, 6) is 0.821. The summed E-state index contributed by atoms with van der Waals surface area (Å²) in [6, 6.07) is 0. The largest absolute Gasteiger partial charge is 0.369 e. The molecule has 3 N–H and O–H groups in total. The Bertz CT molecular complexity index is 166. The van der Waals surface area contributed by atoms with Crippen molar-refractivity contribution in [2.75, 3.05) is 6.54 Å². The summed E-state index contributed by atoms with van der Waals surface area (Å²) in [4.78, 5) is 3.91. The lowest BCUT2D eigenvalue weighted by Crippen LogP contribution is -2.27. The van der Waals surface area contributed by atoms with E-state index in [-0.39, 0.29) is 5.96 Å². The molecule has 4 nitrogen and oxygen atoms in total. The highest BCUT2D eigenvalue weighted by molar-refractivity contribution is 5.79. The van der Waals surface area contributed by atoms with Gasteiger partial charge in [-0.25, -0.2) is 0 Å². The van der Waals surface area contributed by atoms with Crippen molar-refractivity contribution < 1.29 is 0 Å². The van der Waals surface area contributed by atoms with Gasteiger partial charge in [0, 0.05) is 6.54 Å². The van der Waals surface area contributed by atoms with Crippen LogP contribution in [-0.2, 0) is 0 Å². The van der Waals surface area contributed by atoms with E-state index in [1.54, 1.807) is 6.19 Å². The fourth-order valence-electron chi connectivity index (χ4n) is 0.540. The number of aliphatic imine (C=N–C) groups is 1. The molecule has 0 radical (unpaired) electrons. The first-order chi connectivity index (χ1) is 5.16. The van der Waals surface area contributed by atoms with Crippen molar-refractivity contribution in [3.63, 3.8) is 0 Å². The van der Waals surface area contributed by atoms with E-state index in [1.165, 1.54) is 0 Å². The summed E-state index contributed by atoms with van der Waals surface area (Å²) < 4.78 is 0. The third-order valence-electron chi connectivity index (χ3n) is 1.17. The molecule has 0 heterocycles. The lowest BCUT2D eigenvalue weighted by molar-refractivity contribution is 0.596. The average molecular weight is 154 g/mol. The van der Waals surface area contributed by atoms with Crippen LogP contribution in [0.2, 0.25) is 0 Å². The van der Waals surface area contributed by atoms with Crippen LogP contribution in [0.3, 0.4) is 0 Å². The Morgan fingerprint density at radius 3 is 2.82 bits per heavy atom. The summed E-state index contributed by atoms with van der Waals surface area (Å²) in [5.41, 5.74) is 5.29. The smallest absolute Gasteiger partial charge is 0.202 e. The topological polar surface area (TPSA) is 74.2 Å². The van der Waals surface area contributed by atoms with Gasteiger partial charge in [0.2, 0.25) is 5.96 Å². The molecule has 0 atom stereocenters. The molecular weight excluding hydrogens is 140 g/mol. The van der Waals surface area contributed by atoms with E-state index in [4.69, 9.17) is 11.0 Å². The van der Waals surface area contributed by atoms with Crippen LogP contribution in [0.1, 0.15) is 20.3 Å². The Morgan fingerprint density at radius 1 is 1.73 bits per heavy atom. The van der Waals surface area contributed by atoms with Gasteiger partial charge >= 0.3 is 0 Å². The van der Waals surface area contributed by atoms with E-state index in [2.05, 4.69) is 24.2 Å². The molecule has 0 aromatic carbocycles. The SMILES string of the molecule is CC(C)CCN=C(N)NC#N. The van der Waals surface area contributed by atoms with E-state index in [1.807, 2.05) is 0 Å². The van der Waals surface area contributed by atoms with E-state index >= 15 is 0 Å². The minimum atomic E-state index is 0.202. The zero-order chi connectivity index (χ0) is 8.69. The maximum Gasteiger partial charge on any atom is 0.202 e. The van der Waals surface area contributed by atoms with Crippen LogP contribution in [0.4, 0.5) is 0 Å². The molecule has 0 rings (SSSR count). The van der Waals surface area contributed by atoms with Gasteiger partial charge < -0.3 is 5.73 Å². The first kappa shape index (κ1) is 9.76. The zero-order valence-corrected chi connectivity index (χ0v) is 6.96. The van der Waals surface area contributed by atoms with Gasteiger partial charge in [-0.1, -0.05) is 13.8 Å². The van der Waals surface area contributed by atoms with Crippen molar-refractivity contribution in [2.24, 2.45) is 16.6 Å². The van der Waals surface area contributed by atoms with E-state index in [0.717, 1.165) is 6.42 Å². The third kappa shape index (κ3) is 6.65. The van der Waals surface area contributed by atoms with E-state index < -0.39 is 0 Å². The second-order valence-corrected chi connectivity index (χ2v) is 2.69. The monoisotopic (exact) mass is 154 g/mol. The molecule has 0 aliphatic rings. The Morgan fingerprint density at radius 2 is 2.36 bits per heavy atom. The van der Waals surface area contributed by atoms with Crippen LogP contribution in [0.25, 0.3) is 0 Å². The Balaban J connectivity index is 3.49. The number of guanidine groups is 1. The summed E-state index contributed by atoms with van der Waals surface area (Å²) in [5, 5.41) is 10.4. The predicted molar refractivity (Wildman–Crippen MR) is 44.7 cm³/mol. The lowest BCUT2D eigenvalue weighted by Gasteiger charge is -2.00. The van der Waals surface area contributed by atoms with Crippen molar-refractivity contribution in [1.82, 2.24) is 5.32 Å². The number of nitrogens with zero attached hydrogens (tertiary/aromatic N) is 2. The van der Waals surface area contributed by atoms with Gasteiger partial charge in [0.25, 0.3) is 0 Å². The van der Waals surface area contributed by atoms with Crippen LogP contribution in [0.5, 0.6) is 0 Å². The first-order valence-electron chi connectivity index (χ1n) is 3.62. The maximum absolute atomic E-state index is 8.12. The molecule has 0 aliphatic carbocycles. The van der Waals surface area contributed by atoms with Crippen LogP contribution >= 0.6 is 0 Å². The summed E-state index contributed by atoms with van der Waals surface area (Å²) in [6.07, 6.45) is 2.69. The zero-order valence-electron chi connectivity index (χ0n) is 6.96. The number of nitriles is 1. The third-order valence-corrected chi connectivity index (χ3v) is 1.17. The van der Waals surface area contributed by atoms with Gasteiger partial charge in [-0.05, 0) is 12.3 Å². The fourth-order valence-corrected chi connectivity index (χ4v) is 0.540. The second-order valence-electron chi connectivity index (χ2n) is 2.69. The Labute approximate surface area is 67.1 Å². The fraction of sp³-hybridized carbons (Fsp3) is 0.714. The molecule has 0 aromatic heterocycles. The van der Waals surface area contributed by atoms with Crippen molar-refractivity contribution in [3.8, 4) is 6.19 Å². The number of hydrogen-bond donors (Lipinski definition) is 2. The highest BCUT2D eigenvalue weighted by atomic mass is 15.1. The summed E-state index contributed by atoms with van der Waals surface area (Å²) in [7, 11) is 0. The molecule has 11 heavy (non-hydrogen) atoms. The second kappa shape index (κ2) is 5.54. The molecule has 0 saturated carbocycles. The minimum absolute atomic E-state index is 0.202. The van der Waals surface area contributed by atoms with Gasteiger partial charge in [-0.3, -0.25) is 10.3 Å². The number of nitrogens with two attached hydrogens (primary N) is 1. The van der Waals surface area contributed by atoms with Gasteiger partial charge in [-0.15, -0.1) is 0 Å². The van der Waals surface area contributed by atoms with Gasteiger partial charge in [0.1, 0.15) is 0 Å². The normalized spacial score (nSPS) is 11.3. The van der Waals surface area contributed by atoms with Crippen LogP contribution in [0, 0.1) is 17.4 Å². The van der Waals surface area contributed by atoms with Crippen molar-refractivity contribution in [2.45, 2.75) is 20.3 Å². The minimum Gasteiger partial charge on any atom is -0.369 e. The molecule has 0 fully saturated rings. The molecule has 4 heteroatoms. The van der Waals surface area contributed by atoms with Crippen LogP contribution in [-0.4, -0.2) is 12.5 Å². The molecule has 0 amide bonds. The summed E-state index contributed by atoms with van der Waals surface area (Å²) >= 11 is 0. The molecule has 62 valence electrons. The highest BCUT2D eigenvalue weighted by Crippen LogP contribution is 1.97. The van der Waals surface area contributed by atoms with E-state index in [0.29, 0.717) is 12.5 Å². The number of rotatable bonds is 3. The standard InChI is InChI=1S/C7H14N4/c1-6(2)3-4-10-7(9)11-5-8/h6H,3-4H2,1-2H3,(H3,9,10,11). The Hall–Kier alpha value is -1.24. The van der Waals surface area contributed by atoms with Crippen molar-refractivity contribution >= 4 is 5.96 Å². The number of nitrogens with one attached hydrogen (secondary N) is 1. The molecule has 0 spiro atoms.